The third-order valence-corrected chi connectivity index (χ3v) is 6.89. The first-order chi connectivity index (χ1) is 10.6. The van der Waals surface area contributed by atoms with Crippen molar-refractivity contribution >= 4 is 17.5 Å². The van der Waals surface area contributed by atoms with Crippen molar-refractivity contribution < 1.29 is 9.59 Å². The van der Waals surface area contributed by atoms with Crippen LogP contribution in [0.1, 0.15) is 30.4 Å². The fourth-order valence-electron chi connectivity index (χ4n) is 5.66. The Hall–Kier alpha value is -1.64. The summed E-state index contributed by atoms with van der Waals surface area (Å²) in [5.74, 6) is 2.58. The van der Waals surface area contributed by atoms with Crippen molar-refractivity contribution in [2.75, 3.05) is 4.90 Å². The van der Waals surface area contributed by atoms with Gasteiger partial charge in [0, 0.05) is 0 Å². The second kappa shape index (κ2) is 4.01. The molecule has 0 N–H and O–H groups in total. The van der Waals surface area contributed by atoms with Crippen LogP contribution < -0.4 is 4.90 Å². The number of fused-ring (bicyclic) bond motifs is 1. The quantitative estimate of drug-likeness (QED) is 0.747. The number of imide groups is 1. The molecule has 1 heterocycles. The second-order valence-electron chi connectivity index (χ2n) is 7.80. The third-order valence-electron chi connectivity index (χ3n) is 6.89. The average Bonchev–Trinajstić information content (AvgIpc) is 3.28. The molecule has 1 aromatic carbocycles. The summed E-state index contributed by atoms with van der Waals surface area (Å²) in [7, 11) is 0. The maximum Gasteiger partial charge on any atom is 0.237 e. The number of benzene rings is 1. The average molecular weight is 295 g/mol. The molecule has 3 heteroatoms. The van der Waals surface area contributed by atoms with Gasteiger partial charge < -0.3 is 0 Å². The van der Waals surface area contributed by atoms with Gasteiger partial charge in [0.05, 0.1) is 17.5 Å². The molecule has 6 unspecified atom stereocenters. The summed E-state index contributed by atoms with van der Waals surface area (Å²) in [5, 5.41) is 0. The van der Waals surface area contributed by atoms with Gasteiger partial charge in [-0.3, -0.25) is 14.5 Å². The monoisotopic (exact) mass is 295 g/mol. The van der Waals surface area contributed by atoms with Gasteiger partial charge in [0.15, 0.2) is 0 Å². The molecule has 0 spiro atoms. The van der Waals surface area contributed by atoms with Crippen molar-refractivity contribution in [2.24, 2.45) is 35.5 Å². The lowest BCUT2D eigenvalue weighted by atomic mass is 9.59. The Kier molecular flexibility index (Phi) is 2.34. The van der Waals surface area contributed by atoms with Crippen LogP contribution in [0.3, 0.4) is 0 Å². The number of anilines is 1. The number of hydrogen-bond acceptors (Lipinski definition) is 2. The highest BCUT2D eigenvalue weighted by Gasteiger charge is 2.68. The van der Waals surface area contributed by atoms with E-state index in [4.69, 9.17) is 0 Å². The molecule has 6 rings (SSSR count). The van der Waals surface area contributed by atoms with E-state index in [1.54, 1.807) is 0 Å². The summed E-state index contributed by atoms with van der Waals surface area (Å²) in [4.78, 5) is 27.5. The van der Waals surface area contributed by atoms with Gasteiger partial charge in [-0.25, -0.2) is 0 Å². The summed E-state index contributed by atoms with van der Waals surface area (Å²) < 4.78 is 0. The molecule has 0 aromatic heterocycles. The van der Waals surface area contributed by atoms with Crippen LogP contribution in [0.25, 0.3) is 0 Å². The van der Waals surface area contributed by atoms with Crippen molar-refractivity contribution in [1.82, 2.24) is 0 Å². The van der Waals surface area contributed by atoms with Crippen LogP contribution in [0.15, 0.2) is 18.2 Å². The minimum atomic E-state index is -0.0170. The van der Waals surface area contributed by atoms with E-state index in [1.165, 1.54) is 16.9 Å². The van der Waals surface area contributed by atoms with Crippen molar-refractivity contribution in [3.63, 3.8) is 0 Å². The summed E-state index contributed by atoms with van der Waals surface area (Å²) in [5.41, 5.74) is 3.11. The third kappa shape index (κ3) is 1.42. The Morgan fingerprint density at radius 3 is 2.00 bits per heavy atom. The minimum absolute atomic E-state index is 0.0170. The lowest BCUT2D eigenvalue weighted by Gasteiger charge is -2.42. The molecular formula is C19H21NO2. The van der Waals surface area contributed by atoms with Gasteiger partial charge in [-0.05, 0) is 80.0 Å². The van der Waals surface area contributed by atoms with Crippen molar-refractivity contribution in [2.45, 2.75) is 33.1 Å². The Bertz CT molecular complexity index is 675. The largest absolute Gasteiger partial charge is 0.274 e. The second-order valence-corrected chi connectivity index (χ2v) is 7.80. The molecule has 4 aliphatic carbocycles. The van der Waals surface area contributed by atoms with E-state index in [9.17, 15) is 9.59 Å². The number of carbonyl (C=O) groups excluding carboxylic acids is 2. The summed E-state index contributed by atoms with van der Waals surface area (Å²) in [6.07, 6.45) is 3.59. The lowest BCUT2D eigenvalue weighted by Crippen LogP contribution is -2.43. The molecule has 1 aromatic rings. The minimum Gasteiger partial charge on any atom is -0.274 e. The van der Waals surface area contributed by atoms with E-state index in [1.807, 2.05) is 25.1 Å². The molecular weight excluding hydrogens is 274 g/mol. The van der Waals surface area contributed by atoms with Crippen molar-refractivity contribution in [3.8, 4) is 0 Å². The predicted octanol–water partition coefficient (Wildman–Crippen LogP) is 3.08. The van der Waals surface area contributed by atoms with Gasteiger partial charge in [-0.15, -0.1) is 0 Å². The zero-order valence-corrected chi connectivity index (χ0v) is 13.1. The molecule has 114 valence electrons. The number of nitrogens with zero attached hydrogens (tertiary/aromatic N) is 1. The zero-order valence-electron chi connectivity index (χ0n) is 13.1. The molecule has 22 heavy (non-hydrogen) atoms. The summed E-state index contributed by atoms with van der Waals surface area (Å²) in [6.45, 7) is 4.09. The Labute approximate surface area is 130 Å². The number of aryl methyl sites for hydroxylation is 2. The smallest absolute Gasteiger partial charge is 0.237 e. The maximum absolute atomic E-state index is 13.0. The molecule has 3 nitrogen and oxygen atoms in total. The molecule has 5 fully saturated rings. The van der Waals surface area contributed by atoms with E-state index in [-0.39, 0.29) is 23.7 Å². The number of rotatable bonds is 1. The van der Waals surface area contributed by atoms with Crippen LogP contribution in [0, 0.1) is 49.4 Å². The fraction of sp³-hybridized carbons (Fsp3) is 0.579. The first-order valence-corrected chi connectivity index (χ1v) is 8.53. The molecule has 4 saturated carbocycles. The van der Waals surface area contributed by atoms with Crippen molar-refractivity contribution in [3.05, 3.63) is 29.3 Å². The normalized spacial score (nSPS) is 41.6. The van der Waals surface area contributed by atoms with Crippen LogP contribution in [-0.2, 0) is 9.59 Å². The molecule has 0 radical (unpaired) electrons. The lowest BCUT2D eigenvalue weighted by molar-refractivity contribution is -0.129. The van der Waals surface area contributed by atoms with Gasteiger partial charge in [0.2, 0.25) is 11.8 Å². The van der Waals surface area contributed by atoms with E-state index in [0.717, 1.165) is 35.9 Å². The van der Waals surface area contributed by atoms with Gasteiger partial charge in [-0.1, -0.05) is 6.07 Å². The Morgan fingerprint density at radius 1 is 0.864 bits per heavy atom. The van der Waals surface area contributed by atoms with Gasteiger partial charge in [0.25, 0.3) is 0 Å². The highest BCUT2D eigenvalue weighted by Crippen LogP contribution is 2.68. The molecule has 6 atom stereocenters. The Morgan fingerprint density at radius 2 is 1.45 bits per heavy atom. The summed E-state index contributed by atoms with van der Waals surface area (Å²) >= 11 is 0. The van der Waals surface area contributed by atoms with Crippen LogP contribution in [0.4, 0.5) is 5.69 Å². The number of amides is 2. The first kappa shape index (κ1) is 12.9. The van der Waals surface area contributed by atoms with Gasteiger partial charge >= 0.3 is 0 Å². The van der Waals surface area contributed by atoms with Gasteiger partial charge in [0.1, 0.15) is 0 Å². The van der Waals surface area contributed by atoms with E-state index in [0.29, 0.717) is 11.8 Å². The molecule has 2 amide bonds. The van der Waals surface area contributed by atoms with Crippen molar-refractivity contribution in [1.29, 1.82) is 0 Å². The number of carbonyl (C=O) groups is 2. The SMILES string of the molecule is Cc1ccc(N2C(=O)C3C4CCC(C5CC54)C3C2=O)cc1C. The molecule has 1 saturated heterocycles. The van der Waals surface area contributed by atoms with Crippen LogP contribution in [-0.4, -0.2) is 11.8 Å². The van der Waals surface area contributed by atoms with Crippen LogP contribution in [0.5, 0.6) is 0 Å². The van der Waals surface area contributed by atoms with Gasteiger partial charge in [-0.2, -0.15) is 0 Å². The maximum atomic E-state index is 13.0. The molecule has 2 bridgehead atoms. The topological polar surface area (TPSA) is 37.4 Å². The highest BCUT2D eigenvalue weighted by atomic mass is 16.2. The summed E-state index contributed by atoms with van der Waals surface area (Å²) in [6, 6.07) is 5.93. The highest BCUT2D eigenvalue weighted by molar-refractivity contribution is 6.22. The van der Waals surface area contributed by atoms with E-state index < -0.39 is 0 Å². The zero-order chi connectivity index (χ0) is 15.2. The van der Waals surface area contributed by atoms with Crippen LogP contribution in [0.2, 0.25) is 0 Å². The predicted molar refractivity (Wildman–Crippen MR) is 83.2 cm³/mol. The fourth-order valence-corrected chi connectivity index (χ4v) is 5.66. The number of hydrogen-bond donors (Lipinski definition) is 0. The van der Waals surface area contributed by atoms with E-state index >= 15 is 0 Å². The van der Waals surface area contributed by atoms with E-state index in [2.05, 4.69) is 6.92 Å². The molecule has 5 aliphatic rings. The molecule has 1 aliphatic heterocycles. The first-order valence-electron chi connectivity index (χ1n) is 8.53. The van der Waals surface area contributed by atoms with Crippen LogP contribution >= 0.6 is 0 Å². The standard InChI is InChI=1S/C19H21NO2/c1-9-3-4-11(7-10(9)2)20-18(21)16-12-5-6-13(15-8-14(12)15)17(16)19(20)22/h3-4,7,12-17H,5-6,8H2,1-2H3. The Balaban J connectivity index is 1.57.